The maximum Gasteiger partial charge on any atom is 0.462 e. The number of nitriles is 1. The first-order valence-electron chi connectivity index (χ1n) is 11.5. The van der Waals surface area contributed by atoms with Crippen molar-refractivity contribution in [3.63, 3.8) is 0 Å². The van der Waals surface area contributed by atoms with E-state index in [1.807, 2.05) is 6.07 Å². The monoisotopic (exact) mass is 536 g/mol. The van der Waals surface area contributed by atoms with Gasteiger partial charge in [0.2, 0.25) is 0 Å². The van der Waals surface area contributed by atoms with Gasteiger partial charge in [-0.3, -0.25) is 23.7 Å². The second-order valence-electron chi connectivity index (χ2n) is 8.73. The largest absolute Gasteiger partial charge is 0.480 e. The molecule has 0 radical (unpaired) electrons. The number of rotatable bonds is 11. The lowest BCUT2D eigenvalue weighted by molar-refractivity contribution is -0.141. The molecule has 1 aliphatic rings. The average molecular weight is 536 g/mol. The van der Waals surface area contributed by atoms with Gasteiger partial charge < -0.3 is 19.5 Å². The van der Waals surface area contributed by atoms with E-state index in [2.05, 4.69) is 4.98 Å². The van der Waals surface area contributed by atoms with Gasteiger partial charge in [0.25, 0.3) is 5.56 Å². The Morgan fingerprint density at radius 2 is 2.03 bits per heavy atom. The number of aromatic nitrogens is 2. The molecule has 200 valence electrons. The van der Waals surface area contributed by atoms with Gasteiger partial charge in [-0.1, -0.05) is 25.1 Å². The van der Waals surface area contributed by atoms with Crippen LogP contribution in [-0.4, -0.2) is 61.8 Å². The molecule has 1 fully saturated rings. The summed E-state index contributed by atoms with van der Waals surface area (Å²) < 4.78 is 33.4. The fourth-order valence-electron chi connectivity index (χ4n) is 3.95. The Labute approximate surface area is 212 Å². The van der Waals surface area contributed by atoms with E-state index in [1.165, 1.54) is 26.0 Å². The first-order valence-corrected chi connectivity index (χ1v) is 13.0. The lowest BCUT2D eigenvalue weighted by atomic mass is 9.84. The van der Waals surface area contributed by atoms with Crippen LogP contribution in [0.4, 0.5) is 0 Å². The third-order valence-corrected chi connectivity index (χ3v) is 8.16. The Hall–Kier alpha value is -3.27. The van der Waals surface area contributed by atoms with Crippen LogP contribution in [0.1, 0.15) is 33.4 Å². The zero-order valence-electron chi connectivity index (χ0n) is 20.5. The maximum absolute atomic E-state index is 14.1. The van der Waals surface area contributed by atoms with Crippen molar-refractivity contribution in [2.45, 2.75) is 51.7 Å². The molecular weight excluding hydrogens is 507 g/mol. The quantitative estimate of drug-likeness (QED) is 0.355. The van der Waals surface area contributed by atoms with Crippen LogP contribution in [-0.2, 0) is 18.6 Å². The van der Waals surface area contributed by atoms with Crippen molar-refractivity contribution >= 4 is 13.7 Å². The molecular formula is C23H29N4O9P. The van der Waals surface area contributed by atoms with Gasteiger partial charge in [-0.25, -0.2) is 9.36 Å². The average Bonchev–Trinajstić information content (AvgIpc) is 3.11. The Balaban J connectivity index is 1.94. The highest BCUT2D eigenvalue weighted by Crippen LogP contribution is 2.54. The first-order chi connectivity index (χ1) is 17.5. The number of aliphatic carboxylic acids is 1. The summed E-state index contributed by atoms with van der Waals surface area (Å²) in [7, 11) is -4.35. The summed E-state index contributed by atoms with van der Waals surface area (Å²) in [6.07, 6.45) is -2.52. The van der Waals surface area contributed by atoms with Crippen LogP contribution in [0.2, 0.25) is 0 Å². The minimum Gasteiger partial charge on any atom is -0.480 e. The van der Waals surface area contributed by atoms with E-state index in [-0.39, 0.29) is 12.3 Å². The fourth-order valence-corrected chi connectivity index (χ4v) is 5.95. The molecule has 3 rings (SSSR count). The van der Waals surface area contributed by atoms with Crippen LogP contribution in [0.5, 0.6) is 5.75 Å². The van der Waals surface area contributed by atoms with Crippen LogP contribution in [0.3, 0.4) is 0 Å². The summed E-state index contributed by atoms with van der Waals surface area (Å²) in [5.74, 6) is -1.09. The summed E-state index contributed by atoms with van der Waals surface area (Å²) >= 11 is 0. The number of para-hydroxylation sites is 1. The third kappa shape index (κ3) is 5.84. The molecule has 1 aromatic heterocycles. The number of benzene rings is 1. The van der Waals surface area contributed by atoms with Crippen molar-refractivity contribution in [2.24, 2.45) is 5.41 Å². The summed E-state index contributed by atoms with van der Waals surface area (Å²) in [5.41, 5.74) is -3.16. The highest BCUT2D eigenvalue weighted by molar-refractivity contribution is 7.51. The number of aliphatic hydroxyl groups is 1. The van der Waals surface area contributed by atoms with Gasteiger partial charge in [-0.2, -0.15) is 9.93 Å². The molecule has 1 saturated heterocycles. The standard InChI is InChI=1S/C23H29N4O9P/c1-4-11-27(15(2)20(30)31)37(33,36-16-8-6-5-7-9-16)34-13-17-19(29)23(3,14-24)21(35-17)26-12-10-18(28)25-22(26)32/h5-10,12,15,17,19,21,29H,4,11,13H2,1-3H3,(H,30,31)(H,25,28,32)/t15?,17-,19-,21-,23-,37-/m1/s1. The molecule has 37 heavy (non-hydrogen) atoms. The van der Waals surface area contributed by atoms with Crippen LogP contribution in [0.15, 0.2) is 52.2 Å². The Morgan fingerprint density at radius 3 is 2.59 bits per heavy atom. The van der Waals surface area contributed by atoms with Crippen LogP contribution >= 0.6 is 7.75 Å². The van der Waals surface area contributed by atoms with Gasteiger partial charge in [0.1, 0.15) is 29.4 Å². The minimum absolute atomic E-state index is 0.0525. The predicted octanol–water partition coefficient (Wildman–Crippen LogP) is 1.71. The summed E-state index contributed by atoms with van der Waals surface area (Å²) in [4.78, 5) is 37.6. The van der Waals surface area contributed by atoms with E-state index in [0.29, 0.717) is 6.42 Å². The van der Waals surface area contributed by atoms with Gasteiger partial charge in [0.05, 0.1) is 12.7 Å². The Morgan fingerprint density at radius 1 is 1.35 bits per heavy atom. The van der Waals surface area contributed by atoms with E-state index in [9.17, 15) is 34.4 Å². The highest BCUT2D eigenvalue weighted by Gasteiger charge is 2.56. The van der Waals surface area contributed by atoms with Gasteiger partial charge in [0, 0.05) is 18.8 Å². The van der Waals surface area contributed by atoms with Crippen molar-refractivity contribution in [1.29, 1.82) is 5.26 Å². The number of H-pyrrole nitrogens is 1. The van der Waals surface area contributed by atoms with Crippen LogP contribution in [0.25, 0.3) is 0 Å². The molecule has 1 aliphatic heterocycles. The van der Waals surface area contributed by atoms with E-state index in [0.717, 1.165) is 21.5 Å². The lowest BCUT2D eigenvalue weighted by Crippen LogP contribution is -2.41. The van der Waals surface area contributed by atoms with Crippen LogP contribution in [0, 0.1) is 16.7 Å². The molecule has 1 unspecified atom stereocenters. The number of aliphatic hydroxyl groups excluding tert-OH is 1. The zero-order chi connectivity index (χ0) is 27.4. The smallest absolute Gasteiger partial charge is 0.462 e. The molecule has 2 aromatic rings. The van der Waals surface area contributed by atoms with Crippen molar-refractivity contribution in [1.82, 2.24) is 14.2 Å². The molecule has 3 N–H and O–H groups in total. The van der Waals surface area contributed by atoms with E-state index < -0.39 is 61.5 Å². The van der Waals surface area contributed by atoms with Gasteiger partial charge in [-0.15, -0.1) is 0 Å². The summed E-state index contributed by atoms with van der Waals surface area (Å²) in [5, 5.41) is 30.4. The van der Waals surface area contributed by atoms with Crippen molar-refractivity contribution in [3.8, 4) is 11.8 Å². The maximum atomic E-state index is 14.1. The number of hydrogen-bond donors (Lipinski definition) is 3. The first kappa shape index (κ1) is 28.3. The van der Waals surface area contributed by atoms with E-state index >= 15 is 0 Å². The minimum atomic E-state index is -4.35. The van der Waals surface area contributed by atoms with E-state index in [4.69, 9.17) is 13.8 Å². The van der Waals surface area contributed by atoms with E-state index in [1.54, 1.807) is 25.1 Å². The normalized spacial score (nSPS) is 25.8. The highest BCUT2D eigenvalue weighted by atomic mass is 31.2. The molecule has 13 nitrogen and oxygen atoms in total. The van der Waals surface area contributed by atoms with Crippen molar-refractivity contribution in [2.75, 3.05) is 13.2 Å². The molecule has 2 heterocycles. The molecule has 0 spiro atoms. The molecule has 14 heteroatoms. The third-order valence-electron chi connectivity index (χ3n) is 6.07. The number of ether oxygens (including phenoxy) is 1. The zero-order valence-corrected chi connectivity index (χ0v) is 21.4. The SMILES string of the molecule is CCCN(C(C)C(=O)O)[P@@](=O)(OC[C@H]1O[C@@H](n2ccc(=O)[nH]c2=O)[C@](C)(C#N)[C@@H]1O)Oc1ccccc1. The van der Waals surface area contributed by atoms with Crippen molar-refractivity contribution in [3.05, 3.63) is 63.4 Å². The molecule has 1 aromatic carbocycles. The molecule has 0 amide bonds. The Kier molecular flexibility index (Phi) is 8.73. The van der Waals surface area contributed by atoms with Crippen LogP contribution < -0.4 is 15.8 Å². The number of carboxylic acid groups (broad SMARTS) is 1. The number of nitrogens with zero attached hydrogens (tertiary/aromatic N) is 3. The molecule has 0 bridgehead atoms. The number of carboxylic acids is 1. The number of aromatic amines is 1. The summed E-state index contributed by atoms with van der Waals surface area (Å²) in [6.45, 7) is 3.97. The molecule has 0 aliphatic carbocycles. The molecule has 0 saturated carbocycles. The van der Waals surface area contributed by atoms with Gasteiger partial charge >= 0.3 is 19.4 Å². The van der Waals surface area contributed by atoms with Gasteiger partial charge in [0.15, 0.2) is 6.23 Å². The van der Waals surface area contributed by atoms with Gasteiger partial charge in [-0.05, 0) is 32.4 Å². The topological polar surface area (TPSA) is 184 Å². The Bertz CT molecular complexity index is 1310. The summed E-state index contributed by atoms with van der Waals surface area (Å²) in [6, 6.07) is 9.81. The second kappa shape index (κ2) is 11.4. The fraction of sp³-hybridized carbons (Fsp3) is 0.478. The van der Waals surface area contributed by atoms with Crippen molar-refractivity contribution < 1.29 is 33.4 Å². The number of carbonyl (C=O) groups is 1. The lowest BCUT2D eigenvalue weighted by Gasteiger charge is -2.33. The second-order valence-corrected chi connectivity index (χ2v) is 10.6. The molecule has 6 atom stereocenters. The number of nitrogens with one attached hydrogen (secondary N) is 1. The predicted molar refractivity (Wildman–Crippen MR) is 130 cm³/mol. The number of hydrogen-bond acceptors (Lipinski definition) is 9.